The Balaban J connectivity index is 0.000000444. The van der Waals surface area contributed by atoms with Crippen LogP contribution in [0, 0.1) is 0 Å². The van der Waals surface area contributed by atoms with Gasteiger partial charge in [-0.3, -0.25) is 0 Å². The van der Waals surface area contributed by atoms with E-state index < -0.39 is 32.9 Å². The zero-order chi connectivity index (χ0) is 32.3. The number of nitrogens with zero attached hydrogens (tertiary/aromatic N) is 1. The van der Waals surface area contributed by atoms with E-state index >= 15 is 0 Å². The molecular formula is C33H25F3NO5PS2. The van der Waals surface area contributed by atoms with Gasteiger partial charge in [-0.15, -0.1) is 0 Å². The average molecular weight is 668 g/mol. The van der Waals surface area contributed by atoms with Crippen LogP contribution in [-0.2, 0) is 20.1 Å². The maximum absolute atomic E-state index is 14.0. The summed E-state index contributed by atoms with van der Waals surface area (Å²) in [7, 11) is -12.4. The maximum atomic E-state index is 14.0. The van der Waals surface area contributed by atoms with Crippen molar-refractivity contribution in [2.75, 3.05) is 0 Å². The predicted molar refractivity (Wildman–Crippen MR) is 171 cm³/mol. The molecule has 45 heavy (non-hydrogen) atoms. The zero-order valence-electron chi connectivity index (χ0n) is 23.3. The van der Waals surface area contributed by atoms with E-state index in [9.17, 15) is 21.6 Å². The number of hydrogen-bond acceptors (Lipinski definition) is 5. The molecule has 0 amide bonds. The smallest absolute Gasteiger partial charge is 0.485 e. The number of para-hydroxylation sites is 1. The Morgan fingerprint density at radius 1 is 0.556 bits per heavy atom. The van der Waals surface area contributed by atoms with Crippen molar-refractivity contribution in [3.8, 4) is 0 Å². The van der Waals surface area contributed by atoms with Gasteiger partial charge in [0.2, 0.25) is 0 Å². The van der Waals surface area contributed by atoms with Crippen LogP contribution in [0.15, 0.2) is 157 Å². The number of halogens is 3. The van der Waals surface area contributed by atoms with Crippen LogP contribution in [0.3, 0.4) is 0 Å². The van der Waals surface area contributed by atoms with Gasteiger partial charge in [0.25, 0.3) is 10.0 Å². The summed E-state index contributed by atoms with van der Waals surface area (Å²) in [6, 6.07) is 48.0. The fourth-order valence-electron chi connectivity index (χ4n) is 5.12. The lowest BCUT2D eigenvalue weighted by Crippen LogP contribution is -2.38. The summed E-state index contributed by atoms with van der Waals surface area (Å²) in [5.74, 6) is 0. The molecule has 6 aromatic rings. The van der Waals surface area contributed by atoms with E-state index in [1.54, 1.807) is 24.3 Å². The third-order valence-electron chi connectivity index (χ3n) is 7.03. The molecule has 0 radical (unpaired) electrons. The number of fused-ring (bicyclic) bond motifs is 1. The molecule has 0 bridgehead atoms. The molecule has 0 spiro atoms. The fourth-order valence-corrected chi connectivity index (χ4v) is 11.0. The van der Waals surface area contributed by atoms with Gasteiger partial charge in [-0.1, -0.05) is 84.9 Å². The topological polar surface area (TPSA) is 96.3 Å². The molecule has 6 rings (SSSR count). The minimum atomic E-state index is -6.09. The largest absolute Gasteiger partial charge is 0.741 e. The van der Waals surface area contributed by atoms with Crippen LogP contribution in [0.5, 0.6) is 0 Å². The molecule has 1 heterocycles. The lowest BCUT2D eigenvalue weighted by molar-refractivity contribution is -0.0517. The third kappa shape index (κ3) is 6.17. The minimum Gasteiger partial charge on any atom is -0.741 e. The van der Waals surface area contributed by atoms with Gasteiger partial charge in [-0.05, 0) is 60.7 Å². The molecule has 0 fully saturated rings. The molecule has 5 aromatic carbocycles. The molecule has 0 N–H and O–H groups in total. The molecule has 230 valence electrons. The van der Waals surface area contributed by atoms with Crippen molar-refractivity contribution in [2.45, 2.75) is 10.4 Å². The normalized spacial score (nSPS) is 12.4. The van der Waals surface area contributed by atoms with Gasteiger partial charge in [0.15, 0.2) is 10.1 Å². The van der Waals surface area contributed by atoms with Crippen LogP contribution in [0.2, 0.25) is 0 Å². The average Bonchev–Trinajstić information content (AvgIpc) is 3.44. The molecule has 0 saturated carbocycles. The Morgan fingerprint density at radius 2 is 0.911 bits per heavy atom. The summed E-state index contributed by atoms with van der Waals surface area (Å²) in [4.78, 5) is 0.269. The monoisotopic (exact) mass is 667 g/mol. The molecular weight excluding hydrogens is 642 g/mol. The zero-order valence-corrected chi connectivity index (χ0v) is 25.8. The quantitative estimate of drug-likeness (QED) is 0.132. The second kappa shape index (κ2) is 12.6. The van der Waals surface area contributed by atoms with Crippen LogP contribution >= 0.6 is 7.26 Å². The first-order chi connectivity index (χ1) is 21.4. The van der Waals surface area contributed by atoms with Crippen molar-refractivity contribution in [1.29, 1.82) is 0 Å². The SMILES string of the molecule is O=S(=O)([O-])C(F)(F)F.O=S(=O)(c1ccccc1)n1cc([P+](c2ccccc2)(c2ccccc2)c2ccccc2)c2ccccc21. The van der Waals surface area contributed by atoms with Crippen molar-refractivity contribution in [2.24, 2.45) is 0 Å². The highest BCUT2D eigenvalue weighted by Gasteiger charge is 2.50. The van der Waals surface area contributed by atoms with E-state index in [1.807, 2.05) is 54.7 Å². The Bertz CT molecular complexity index is 2030. The number of benzene rings is 5. The fraction of sp³-hybridized carbons (Fsp3) is 0.0303. The first-order valence-corrected chi connectivity index (χ1v) is 18.0. The maximum Gasteiger partial charge on any atom is 0.485 e. The van der Waals surface area contributed by atoms with Gasteiger partial charge < -0.3 is 4.55 Å². The van der Waals surface area contributed by atoms with E-state index in [1.165, 1.54) is 19.9 Å². The highest BCUT2D eigenvalue weighted by atomic mass is 32.2. The summed E-state index contributed by atoms with van der Waals surface area (Å²) in [5, 5.41) is 5.48. The Labute approximate surface area is 259 Å². The van der Waals surface area contributed by atoms with Crippen LogP contribution in [0.4, 0.5) is 13.2 Å². The standard InChI is InChI=1S/C32H25NO2PS.CHF3O3S/c34-37(35,29-21-11-4-12-22-29)33-25-32(30-23-13-14-24-31(30)33)36(26-15-5-1-6-16-26,27-17-7-2-8-18-27)28-19-9-3-10-20-28;2-1(3,4)8(5,6)7/h1-25H;(H,5,6,7)/q+1;/p-1. The summed E-state index contributed by atoms with van der Waals surface area (Å²) < 4.78 is 88.3. The van der Waals surface area contributed by atoms with Gasteiger partial charge in [0.1, 0.15) is 28.5 Å². The summed E-state index contributed by atoms with van der Waals surface area (Å²) >= 11 is 0. The van der Waals surface area contributed by atoms with Crippen LogP contribution in [-0.4, -0.2) is 30.9 Å². The summed E-state index contributed by atoms with van der Waals surface area (Å²) in [5.41, 5.74) is -4.97. The Hall–Kier alpha value is -4.28. The molecule has 1 aromatic heterocycles. The van der Waals surface area contributed by atoms with Gasteiger partial charge >= 0.3 is 5.51 Å². The van der Waals surface area contributed by atoms with Gasteiger partial charge in [-0.2, -0.15) is 13.2 Å². The minimum absolute atomic E-state index is 0.269. The van der Waals surface area contributed by atoms with Crippen molar-refractivity contribution in [3.63, 3.8) is 0 Å². The van der Waals surface area contributed by atoms with Crippen molar-refractivity contribution in [1.82, 2.24) is 3.97 Å². The Morgan fingerprint density at radius 3 is 1.31 bits per heavy atom. The third-order valence-corrected chi connectivity index (χ3v) is 13.6. The molecule has 0 atom stereocenters. The van der Waals surface area contributed by atoms with E-state index in [-0.39, 0.29) is 4.90 Å². The van der Waals surface area contributed by atoms with E-state index in [0.29, 0.717) is 5.52 Å². The van der Waals surface area contributed by atoms with Crippen LogP contribution in [0.25, 0.3) is 10.9 Å². The van der Waals surface area contributed by atoms with Gasteiger partial charge in [-0.25, -0.2) is 20.8 Å². The van der Waals surface area contributed by atoms with Gasteiger partial charge in [0.05, 0.1) is 16.6 Å². The highest BCUT2D eigenvalue weighted by molar-refractivity contribution is 8.02. The number of rotatable bonds is 6. The first-order valence-electron chi connectivity index (χ1n) is 13.4. The number of aromatic nitrogens is 1. The number of alkyl halides is 3. The lowest BCUT2D eigenvalue weighted by atomic mass is 10.2. The van der Waals surface area contributed by atoms with E-state index in [0.717, 1.165) is 10.7 Å². The van der Waals surface area contributed by atoms with Crippen molar-refractivity contribution < 1.29 is 34.6 Å². The molecule has 0 saturated heterocycles. The van der Waals surface area contributed by atoms with Crippen LogP contribution < -0.4 is 21.2 Å². The second-order valence-electron chi connectivity index (χ2n) is 9.72. The van der Waals surface area contributed by atoms with Gasteiger partial charge in [0, 0.05) is 5.39 Å². The summed E-state index contributed by atoms with van der Waals surface area (Å²) in [6.45, 7) is 0. The van der Waals surface area contributed by atoms with Crippen molar-refractivity contribution >= 4 is 59.5 Å². The van der Waals surface area contributed by atoms with E-state index in [2.05, 4.69) is 72.8 Å². The lowest BCUT2D eigenvalue weighted by Gasteiger charge is -2.27. The summed E-state index contributed by atoms with van der Waals surface area (Å²) in [6.07, 6.45) is 1.87. The molecule has 0 aliphatic heterocycles. The Kier molecular flexibility index (Phi) is 9.00. The van der Waals surface area contributed by atoms with Crippen molar-refractivity contribution in [3.05, 3.63) is 152 Å². The molecule has 12 heteroatoms. The molecule has 6 nitrogen and oxygen atoms in total. The number of hydrogen-bond donors (Lipinski definition) is 0. The first kappa shape index (κ1) is 32.1. The predicted octanol–water partition coefficient (Wildman–Crippen LogP) is 5.55. The highest BCUT2D eigenvalue weighted by Crippen LogP contribution is 2.56. The molecule has 0 aliphatic rings. The van der Waals surface area contributed by atoms with Crippen LogP contribution in [0.1, 0.15) is 0 Å². The molecule has 0 unspecified atom stereocenters. The molecule has 0 aliphatic carbocycles. The van der Waals surface area contributed by atoms with E-state index in [4.69, 9.17) is 13.0 Å². The second-order valence-corrected chi connectivity index (χ2v) is 16.3.